The van der Waals surface area contributed by atoms with Crippen LogP contribution in [0, 0.1) is 18.3 Å². The lowest BCUT2D eigenvalue weighted by molar-refractivity contribution is 0.778. The largest absolute Gasteiger partial charge is 0.384 e. The van der Waals surface area contributed by atoms with Crippen LogP contribution in [0.15, 0.2) is 48.5 Å². The first-order valence-corrected chi connectivity index (χ1v) is 8.40. The summed E-state index contributed by atoms with van der Waals surface area (Å²) >= 11 is 0. The van der Waals surface area contributed by atoms with E-state index in [9.17, 15) is 0 Å². The van der Waals surface area contributed by atoms with Gasteiger partial charge in [-0.2, -0.15) is 5.26 Å². The summed E-state index contributed by atoms with van der Waals surface area (Å²) in [6.45, 7) is 2.57. The second kappa shape index (κ2) is 6.42. The molecule has 0 atom stereocenters. The molecular weight excluding hydrogens is 338 g/mol. The van der Waals surface area contributed by atoms with Gasteiger partial charge in [0.25, 0.3) is 0 Å². The van der Waals surface area contributed by atoms with Crippen LogP contribution in [0.2, 0.25) is 0 Å². The minimum Gasteiger partial charge on any atom is -0.384 e. The molecule has 1 aromatic carbocycles. The number of imidazole rings is 1. The van der Waals surface area contributed by atoms with Crippen molar-refractivity contribution in [3.05, 3.63) is 65.5 Å². The Labute approximate surface area is 155 Å². The molecule has 7 heteroatoms. The van der Waals surface area contributed by atoms with E-state index in [0.29, 0.717) is 23.7 Å². The number of aryl methyl sites for hydroxylation is 1. The molecule has 4 rings (SSSR count). The minimum absolute atomic E-state index is 0.356. The molecule has 132 valence electrons. The van der Waals surface area contributed by atoms with E-state index >= 15 is 0 Å². The van der Waals surface area contributed by atoms with E-state index in [1.807, 2.05) is 47.9 Å². The molecule has 0 bridgehead atoms. The molecule has 0 spiro atoms. The van der Waals surface area contributed by atoms with Crippen molar-refractivity contribution in [3.8, 4) is 17.3 Å². The highest BCUT2D eigenvalue weighted by Crippen LogP contribution is 2.24. The van der Waals surface area contributed by atoms with Crippen molar-refractivity contribution in [3.63, 3.8) is 0 Å². The van der Waals surface area contributed by atoms with Crippen LogP contribution in [0.1, 0.15) is 17.0 Å². The number of rotatable bonds is 3. The first-order chi connectivity index (χ1) is 13.0. The number of pyridine rings is 2. The highest BCUT2D eigenvalue weighted by molar-refractivity contribution is 5.77. The summed E-state index contributed by atoms with van der Waals surface area (Å²) < 4.78 is 2.05. The highest BCUT2D eigenvalue weighted by atomic mass is 15.1. The van der Waals surface area contributed by atoms with Gasteiger partial charge in [-0.3, -0.25) is 0 Å². The van der Waals surface area contributed by atoms with Crippen LogP contribution in [0.3, 0.4) is 0 Å². The molecule has 0 amide bonds. The number of nitrogens with two attached hydrogens (primary N) is 2. The maximum atomic E-state index is 8.95. The Balaban J connectivity index is 1.78. The molecule has 7 nitrogen and oxygen atoms in total. The average molecular weight is 355 g/mol. The molecule has 0 aliphatic rings. The Kier molecular flexibility index (Phi) is 3.94. The SMILES string of the molecule is Cc1nc2ccc(-c3cc(N)nc(N)c3)nc2n1Cc1ccc(C#N)cc1. The lowest BCUT2D eigenvalue weighted by Crippen LogP contribution is -2.03. The number of aromatic nitrogens is 4. The molecule has 0 fully saturated rings. The van der Waals surface area contributed by atoms with E-state index in [4.69, 9.17) is 21.7 Å². The molecule has 27 heavy (non-hydrogen) atoms. The van der Waals surface area contributed by atoms with E-state index in [0.717, 1.165) is 33.8 Å². The molecule has 4 aromatic rings. The van der Waals surface area contributed by atoms with Gasteiger partial charge in [-0.15, -0.1) is 0 Å². The van der Waals surface area contributed by atoms with Crippen LogP contribution in [-0.2, 0) is 6.54 Å². The normalized spacial score (nSPS) is 10.8. The predicted molar refractivity (Wildman–Crippen MR) is 105 cm³/mol. The zero-order valence-electron chi connectivity index (χ0n) is 14.7. The Morgan fingerprint density at radius 3 is 2.33 bits per heavy atom. The number of nitriles is 1. The average Bonchev–Trinajstić information content (AvgIpc) is 2.96. The molecule has 0 aliphatic carbocycles. The third-order valence-electron chi connectivity index (χ3n) is 4.37. The number of nitrogens with zero attached hydrogens (tertiary/aromatic N) is 5. The van der Waals surface area contributed by atoms with Gasteiger partial charge in [0.05, 0.1) is 23.9 Å². The summed E-state index contributed by atoms with van der Waals surface area (Å²) in [4.78, 5) is 13.4. The lowest BCUT2D eigenvalue weighted by atomic mass is 10.1. The number of fused-ring (bicyclic) bond motifs is 1. The van der Waals surface area contributed by atoms with Crippen LogP contribution in [0.25, 0.3) is 22.4 Å². The van der Waals surface area contributed by atoms with Crippen molar-refractivity contribution in [2.24, 2.45) is 0 Å². The van der Waals surface area contributed by atoms with Crippen molar-refractivity contribution >= 4 is 22.8 Å². The van der Waals surface area contributed by atoms with Crippen molar-refractivity contribution < 1.29 is 0 Å². The maximum Gasteiger partial charge on any atom is 0.160 e. The molecule has 0 saturated heterocycles. The van der Waals surface area contributed by atoms with Crippen LogP contribution in [-0.4, -0.2) is 19.5 Å². The van der Waals surface area contributed by atoms with E-state index in [2.05, 4.69) is 16.0 Å². The van der Waals surface area contributed by atoms with Crippen LogP contribution in [0.5, 0.6) is 0 Å². The van der Waals surface area contributed by atoms with Gasteiger partial charge in [0, 0.05) is 5.56 Å². The summed E-state index contributed by atoms with van der Waals surface area (Å²) in [5.41, 5.74) is 16.5. The Morgan fingerprint density at radius 2 is 1.67 bits per heavy atom. The Hall–Kier alpha value is -3.92. The highest BCUT2D eigenvalue weighted by Gasteiger charge is 2.12. The second-order valence-electron chi connectivity index (χ2n) is 6.30. The first kappa shape index (κ1) is 16.5. The molecule has 3 aromatic heterocycles. The summed E-state index contributed by atoms with van der Waals surface area (Å²) in [5.74, 6) is 1.58. The van der Waals surface area contributed by atoms with Crippen molar-refractivity contribution in [2.75, 3.05) is 11.5 Å². The van der Waals surface area contributed by atoms with E-state index in [1.54, 1.807) is 12.1 Å². The number of anilines is 2. The van der Waals surface area contributed by atoms with Gasteiger partial charge in [0.1, 0.15) is 23.0 Å². The summed E-state index contributed by atoms with van der Waals surface area (Å²) in [5, 5.41) is 8.95. The Morgan fingerprint density at radius 1 is 0.963 bits per heavy atom. The van der Waals surface area contributed by atoms with Gasteiger partial charge in [-0.1, -0.05) is 12.1 Å². The van der Waals surface area contributed by atoms with Gasteiger partial charge >= 0.3 is 0 Å². The van der Waals surface area contributed by atoms with E-state index in [-0.39, 0.29) is 0 Å². The van der Waals surface area contributed by atoms with Gasteiger partial charge < -0.3 is 16.0 Å². The molecular formula is C20H17N7. The fourth-order valence-electron chi connectivity index (χ4n) is 3.05. The van der Waals surface area contributed by atoms with Gasteiger partial charge in [-0.25, -0.2) is 15.0 Å². The van der Waals surface area contributed by atoms with Gasteiger partial charge in [0.2, 0.25) is 0 Å². The summed E-state index contributed by atoms with van der Waals surface area (Å²) in [6, 6.07) is 17.0. The van der Waals surface area contributed by atoms with Crippen LogP contribution in [0.4, 0.5) is 11.6 Å². The fourth-order valence-corrected chi connectivity index (χ4v) is 3.05. The molecule has 0 radical (unpaired) electrons. The van der Waals surface area contributed by atoms with Crippen molar-refractivity contribution in [1.29, 1.82) is 5.26 Å². The molecule has 4 N–H and O–H groups in total. The predicted octanol–water partition coefficient (Wildman–Crippen LogP) is 2.89. The minimum atomic E-state index is 0.356. The maximum absolute atomic E-state index is 8.95. The first-order valence-electron chi connectivity index (χ1n) is 8.40. The monoisotopic (exact) mass is 355 g/mol. The van der Waals surface area contributed by atoms with E-state index < -0.39 is 0 Å². The van der Waals surface area contributed by atoms with Gasteiger partial charge in [0.15, 0.2) is 5.65 Å². The van der Waals surface area contributed by atoms with Crippen LogP contribution >= 0.6 is 0 Å². The number of hydrogen-bond donors (Lipinski definition) is 2. The topological polar surface area (TPSA) is 119 Å². The number of benzene rings is 1. The summed E-state index contributed by atoms with van der Waals surface area (Å²) in [7, 11) is 0. The molecule has 0 unspecified atom stereocenters. The lowest BCUT2D eigenvalue weighted by Gasteiger charge is -2.08. The fraction of sp³-hybridized carbons (Fsp3) is 0.100. The molecule has 3 heterocycles. The zero-order chi connectivity index (χ0) is 19.0. The Bertz CT molecular complexity index is 1160. The molecule has 0 aliphatic heterocycles. The second-order valence-corrected chi connectivity index (χ2v) is 6.30. The van der Waals surface area contributed by atoms with Gasteiger partial charge in [-0.05, 0) is 48.9 Å². The van der Waals surface area contributed by atoms with E-state index in [1.165, 1.54) is 0 Å². The summed E-state index contributed by atoms with van der Waals surface area (Å²) in [6.07, 6.45) is 0. The van der Waals surface area contributed by atoms with Crippen molar-refractivity contribution in [2.45, 2.75) is 13.5 Å². The molecule has 0 saturated carbocycles. The number of hydrogen-bond acceptors (Lipinski definition) is 6. The standard InChI is InChI=1S/C20H17N7/c1-12-24-17-7-6-16(15-8-18(22)26-19(23)9-15)25-20(17)27(12)11-14-4-2-13(10-21)3-5-14/h2-9H,11H2,1H3,(H4,22,23,26). The quantitative estimate of drug-likeness (QED) is 0.583. The number of nitrogen functional groups attached to an aromatic ring is 2. The third-order valence-corrected chi connectivity index (χ3v) is 4.37. The third kappa shape index (κ3) is 3.16. The van der Waals surface area contributed by atoms with Crippen molar-refractivity contribution in [1.82, 2.24) is 19.5 Å². The van der Waals surface area contributed by atoms with Crippen LogP contribution < -0.4 is 11.5 Å². The zero-order valence-corrected chi connectivity index (χ0v) is 14.7. The smallest absolute Gasteiger partial charge is 0.160 e.